The first-order valence-electron chi connectivity index (χ1n) is 10.9. The molecule has 0 bridgehead atoms. The summed E-state index contributed by atoms with van der Waals surface area (Å²) >= 11 is 0. The summed E-state index contributed by atoms with van der Waals surface area (Å²) in [6, 6.07) is 24.0. The number of hydrogen-bond donors (Lipinski definition) is 0. The monoisotopic (exact) mass is 460 g/mol. The summed E-state index contributed by atoms with van der Waals surface area (Å²) in [6.45, 7) is 3.65. The molecule has 4 rings (SSSR count). The smallest absolute Gasteiger partial charge is 0.308 e. The topological polar surface area (TPSA) is 69.7 Å². The van der Waals surface area contributed by atoms with Crippen LogP contribution in [0.15, 0.2) is 78.9 Å². The highest BCUT2D eigenvalue weighted by atomic mass is 31.2. The largest absolute Gasteiger partial charge is 0.345 e. The second-order valence-corrected chi connectivity index (χ2v) is 9.73. The van der Waals surface area contributed by atoms with Crippen LogP contribution in [0.3, 0.4) is 0 Å². The number of carbonyl (C=O) groups excluding carboxylic acids is 2. The normalized spacial score (nSPS) is 12.7. The van der Waals surface area contributed by atoms with Gasteiger partial charge in [-0.25, -0.2) is 0 Å². The first kappa shape index (κ1) is 23.1. The van der Waals surface area contributed by atoms with Crippen LogP contribution in [0.5, 0.6) is 0 Å². The van der Waals surface area contributed by atoms with Crippen LogP contribution in [-0.4, -0.2) is 25.3 Å². The van der Waals surface area contributed by atoms with Gasteiger partial charge in [-0.1, -0.05) is 66.7 Å². The minimum atomic E-state index is -3.93. The zero-order valence-corrected chi connectivity index (χ0v) is 19.5. The Kier molecular flexibility index (Phi) is 6.85. The number of benzene rings is 4. The van der Waals surface area contributed by atoms with Crippen molar-refractivity contribution in [3.05, 3.63) is 95.6 Å². The molecule has 0 aliphatic heterocycles. The van der Waals surface area contributed by atoms with E-state index in [2.05, 4.69) is 0 Å². The van der Waals surface area contributed by atoms with Crippen LogP contribution >= 0.6 is 7.60 Å². The summed E-state index contributed by atoms with van der Waals surface area (Å²) in [5.74, 6) is -0.468. The summed E-state index contributed by atoms with van der Waals surface area (Å²) in [5.41, 5.74) is -0.235. The van der Waals surface area contributed by atoms with Crippen molar-refractivity contribution in [2.24, 2.45) is 0 Å². The van der Waals surface area contributed by atoms with Crippen molar-refractivity contribution in [3.8, 4) is 0 Å². The maximum Gasteiger partial charge on any atom is 0.345 e. The highest BCUT2D eigenvalue weighted by Crippen LogP contribution is 2.63. The maximum atomic E-state index is 14.1. The second kappa shape index (κ2) is 9.80. The van der Waals surface area contributed by atoms with Gasteiger partial charge in [0.05, 0.1) is 13.2 Å². The molecule has 33 heavy (non-hydrogen) atoms. The van der Waals surface area contributed by atoms with Crippen LogP contribution in [0.4, 0.5) is 0 Å². The van der Waals surface area contributed by atoms with E-state index in [1.807, 2.05) is 60.7 Å². The minimum absolute atomic E-state index is 0.115. The average molecular weight is 460 g/mol. The maximum absolute atomic E-state index is 14.1. The van der Waals surface area contributed by atoms with Crippen molar-refractivity contribution in [2.75, 3.05) is 13.2 Å². The lowest BCUT2D eigenvalue weighted by atomic mass is 9.93. The predicted octanol–water partition coefficient (Wildman–Crippen LogP) is 7.00. The first-order valence-corrected chi connectivity index (χ1v) is 12.5. The van der Waals surface area contributed by atoms with Gasteiger partial charge < -0.3 is 9.05 Å². The van der Waals surface area contributed by atoms with Crippen LogP contribution in [0.1, 0.15) is 45.8 Å². The molecule has 0 aliphatic rings. The van der Waals surface area contributed by atoms with Crippen molar-refractivity contribution in [1.29, 1.82) is 0 Å². The van der Waals surface area contributed by atoms with E-state index in [-0.39, 0.29) is 24.3 Å². The van der Waals surface area contributed by atoms with E-state index in [1.54, 1.807) is 32.0 Å². The summed E-state index contributed by atoms with van der Waals surface area (Å²) in [4.78, 5) is 26.1. The van der Waals surface area contributed by atoms with Crippen molar-refractivity contribution in [1.82, 2.24) is 0 Å². The SMILES string of the molecule is CCOP(=O)(OCC)C(C(=O)c1cc2ccccc2cc1C=O)c1cccc2ccccc12. The van der Waals surface area contributed by atoms with Crippen LogP contribution < -0.4 is 0 Å². The van der Waals surface area contributed by atoms with Gasteiger partial charge in [0.15, 0.2) is 12.1 Å². The fourth-order valence-corrected chi connectivity index (χ4v) is 6.29. The van der Waals surface area contributed by atoms with Gasteiger partial charge in [-0.05, 0) is 53.1 Å². The van der Waals surface area contributed by atoms with Crippen molar-refractivity contribution < 1.29 is 23.2 Å². The predicted molar refractivity (Wildman–Crippen MR) is 131 cm³/mol. The molecule has 0 spiro atoms. The lowest BCUT2D eigenvalue weighted by Crippen LogP contribution is -2.18. The molecule has 0 N–H and O–H groups in total. The van der Waals surface area contributed by atoms with Crippen LogP contribution in [0.25, 0.3) is 21.5 Å². The first-order chi connectivity index (χ1) is 16.0. The Balaban J connectivity index is 1.99. The molecule has 1 atom stereocenters. The standard InChI is InChI=1S/C27H25O5P/c1-3-31-33(30,32-4-2)27(24-15-9-13-19-10-7-8-14-23(19)24)26(29)25-17-21-12-6-5-11-20(21)16-22(25)18-28/h5-18,27H,3-4H2,1-2H3. The lowest BCUT2D eigenvalue weighted by Gasteiger charge is -2.27. The molecule has 0 fully saturated rings. The molecule has 0 aliphatic carbocycles. The Morgan fingerprint density at radius 2 is 1.42 bits per heavy atom. The summed E-state index contributed by atoms with van der Waals surface area (Å²) in [7, 11) is -3.93. The van der Waals surface area contributed by atoms with Crippen LogP contribution in [-0.2, 0) is 13.6 Å². The highest BCUT2D eigenvalue weighted by Gasteiger charge is 2.44. The van der Waals surface area contributed by atoms with E-state index in [0.29, 0.717) is 11.8 Å². The van der Waals surface area contributed by atoms with E-state index in [1.165, 1.54) is 0 Å². The van der Waals surface area contributed by atoms with Gasteiger partial charge in [0.1, 0.15) is 5.66 Å². The number of ketones is 1. The van der Waals surface area contributed by atoms with Gasteiger partial charge >= 0.3 is 7.60 Å². The third-order valence-corrected chi connectivity index (χ3v) is 7.99. The molecule has 0 aromatic heterocycles. The van der Waals surface area contributed by atoms with Gasteiger partial charge in [-0.3, -0.25) is 14.2 Å². The Bertz CT molecular complexity index is 1360. The van der Waals surface area contributed by atoms with Gasteiger partial charge in [-0.15, -0.1) is 0 Å². The molecular formula is C27H25O5P. The molecule has 0 saturated heterocycles. The second-order valence-electron chi connectivity index (χ2n) is 7.62. The third kappa shape index (κ3) is 4.40. The Morgan fingerprint density at radius 3 is 2.06 bits per heavy atom. The molecule has 5 nitrogen and oxygen atoms in total. The summed E-state index contributed by atoms with van der Waals surface area (Å²) < 4.78 is 25.4. The number of carbonyl (C=O) groups is 2. The van der Waals surface area contributed by atoms with Gasteiger partial charge in [0.25, 0.3) is 0 Å². The fraction of sp³-hybridized carbons (Fsp3) is 0.185. The molecular weight excluding hydrogens is 435 g/mol. The van der Waals surface area contributed by atoms with Gasteiger partial charge in [0, 0.05) is 11.1 Å². The van der Waals surface area contributed by atoms with Crippen molar-refractivity contribution in [3.63, 3.8) is 0 Å². The van der Waals surface area contributed by atoms with Gasteiger partial charge in [0.2, 0.25) is 0 Å². The van der Waals surface area contributed by atoms with E-state index in [0.717, 1.165) is 21.5 Å². The summed E-state index contributed by atoms with van der Waals surface area (Å²) in [6.07, 6.45) is 0.659. The molecule has 1 unspecified atom stereocenters. The molecule has 6 heteroatoms. The minimum Gasteiger partial charge on any atom is -0.308 e. The van der Waals surface area contributed by atoms with Crippen molar-refractivity contribution in [2.45, 2.75) is 19.5 Å². The molecule has 4 aromatic rings. The van der Waals surface area contributed by atoms with E-state index in [4.69, 9.17) is 9.05 Å². The molecule has 0 saturated carbocycles. The van der Waals surface area contributed by atoms with E-state index in [9.17, 15) is 14.2 Å². The van der Waals surface area contributed by atoms with E-state index >= 15 is 0 Å². The third-order valence-electron chi connectivity index (χ3n) is 5.61. The fourth-order valence-electron chi connectivity index (χ4n) is 4.21. The van der Waals surface area contributed by atoms with Gasteiger partial charge in [-0.2, -0.15) is 0 Å². The molecule has 0 radical (unpaired) electrons. The lowest BCUT2D eigenvalue weighted by molar-refractivity contribution is 0.0961. The van der Waals surface area contributed by atoms with Crippen molar-refractivity contribution >= 4 is 41.2 Å². The summed E-state index contributed by atoms with van der Waals surface area (Å²) in [5, 5.41) is 3.34. The molecule has 0 heterocycles. The number of aldehydes is 1. The zero-order valence-electron chi connectivity index (χ0n) is 18.6. The van der Waals surface area contributed by atoms with Crippen LogP contribution in [0.2, 0.25) is 0 Å². The highest BCUT2D eigenvalue weighted by molar-refractivity contribution is 7.55. The number of Topliss-reactive ketones (excluding diaryl/α,β-unsaturated/α-hetero) is 1. The average Bonchev–Trinajstić information content (AvgIpc) is 2.83. The van der Waals surface area contributed by atoms with Crippen LogP contribution in [0, 0.1) is 0 Å². The molecule has 168 valence electrons. The quantitative estimate of drug-likeness (QED) is 0.153. The Labute approximate surface area is 192 Å². The Hall–Kier alpha value is -3.11. The number of rotatable bonds is 9. The zero-order chi connectivity index (χ0) is 23.4. The molecule has 0 amide bonds. The Morgan fingerprint density at radius 1 is 0.848 bits per heavy atom. The van der Waals surface area contributed by atoms with E-state index < -0.39 is 19.0 Å². The number of fused-ring (bicyclic) bond motifs is 2. The number of hydrogen-bond acceptors (Lipinski definition) is 5. The molecule has 4 aromatic carbocycles.